The molecule has 3 rings (SSSR count). The molecule has 0 atom stereocenters. The summed E-state index contributed by atoms with van der Waals surface area (Å²) in [5.41, 5.74) is 1.15. The molecule has 0 saturated heterocycles. The standard InChI is InChI=1S/C16H16N4O3/c1-12-18-19-15(23-12)13-5-2-6-14(11-13)16(21)22-10-4-9-20-8-3-7-17-20/h2-3,5-8,11H,4,9-10H2,1H3. The van der Waals surface area contributed by atoms with Gasteiger partial charge in [-0.05, 0) is 24.3 Å². The Morgan fingerprint density at radius 1 is 1.30 bits per heavy atom. The van der Waals surface area contributed by atoms with E-state index in [-0.39, 0.29) is 5.97 Å². The van der Waals surface area contributed by atoms with Crippen LogP contribution in [-0.2, 0) is 11.3 Å². The maximum Gasteiger partial charge on any atom is 0.338 e. The molecule has 0 aliphatic carbocycles. The summed E-state index contributed by atoms with van der Waals surface area (Å²) in [5, 5.41) is 11.8. The van der Waals surface area contributed by atoms with Crippen molar-refractivity contribution in [3.8, 4) is 11.5 Å². The molecule has 3 aromatic rings. The molecule has 0 spiro atoms. The lowest BCUT2D eigenvalue weighted by Crippen LogP contribution is -2.09. The van der Waals surface area contributed by atoms with Crippen molar-refractivity contribution >= 4 is 5.97 Å². The molecule has 0 aliphatic rings. The van der Waals surface area contributed by atoms with Crippen LogP contribution < -0.4 is 0 Å². The van der Waals surface area contributed by atoms with Crippen LogP contribution in [-0.4, -0.2) is 32.6 Å². The van der Waals surface area contributed by atoms with Crippen LogP contribution in [0.1, 0.15) is 22.7 Å². The number of benzene rings is 1. The Bertz CT molecular complexity index is 780. The van der Waals surface area contributed by atoms with Crippen molar-refractivity contribution < 1.29 is 13.9 Å². The first-order chi connectivity index (χ1) is 11.2. The lowest BCUT2D eigenvalue weighted by Gasteiger charge is -2.06. The number of carbonyl (C=O) groups is 1. The number of nitrogens with zero attached hydrogens (tertiary/aromatic N) is 4. The molecular formula is C16H16N4O3. The Labute approximate surface area is 132 Å². The van der Waals surface area contributed by atoms with Crippen LogP contribution in [0.3, 0.4) is 0 Å². The molecule has 0 bridgehead atoms. The number of hydrogen-bond donors (Lipinski definition) is 0. The second kappa shape index (κ2) is 6.87. The monoisotopic (exact) mass is 312 g/mol. The molecule has 23 heavy (non-hydrogen) atoms. The van der Waals surface area contributed by atoms with Gasteiger partial charge in [0.05, 0.1) is 12.2 Å². The van der Waals surface area contributed by atoms with Gasteiger partial charge in [-0.1, -0.05) is 6.07 Å². The maximum absolute atomic E-state index is 12.1. The van der Waals surface area contributed by atoms with Crippen LogP contribution in [0.25, 0.3) is 11.5 Å². The number of rotatable bonds is 6. The van der Waals surface area contributed by atoms with E-state index in [1.807, 2.05) is 12.3 Å². The van der Waals surface area contributed by atoms with Crippen LogP contribution >= 0.6 is 0 Å². The predicted octanol–water partition coefficient (Wildman–Crippen LogP) is 2.49. The van der Waals surface area contributed by atoms with E-state index in [1.54, 1.807) is 42.1 Å². The summed E-state index contributed by atoms with van der Waals surface area (Å²) in [6, 6.07) is 8.80. The fourth-order valence-corrected chi connectivity index (χ4v) is 2.10. The van der Waals surface area contributed by atoms with Gasteiger partial charge in [-0.25, -0.2) is 4.79 Å². The SMILES string of the molecule is Cc1nnc(-c2cccc(C(=O)OCCCn3cccn3)c2)o1. The molecule has 0 unspecified atom stereocenters. The molecule has 0 fully saturated rings. The van der Waals surface area contributed by atoms with E-state index in [0.29, 0.717) is 42.5 Å². The van der Waals surface area contributed by atoms with Gasteiger partial charge in [0.2, 0.25) is 11.8 Å². The molecule has 0 N–H and O–H groups in total. The van der Waals surface area contributed by atoms with Crippen molar-refractivity contribution in [2.24, 2.45) is 0 Å². The molecular weight excluding hydrogens is 296 g/mol. The highest BCUT2D eigenvalue weighted by atomic mass is 16.5. The molecule has 7 nitrogen and oxygen atoms in total. The third kappa shape index (κ3) is 3.82. The van der Waals surface area contributed by atoms with Gasteiger partial charge in [0.1, 0.15) is 0 Å². The zero-order valence-electron chi connectivity index (χ0n) is 12.7. The van der Waals surface area contributed by atoms with Gasteiger partial charge in [0, 0.05) is 37.8 Å². The van der Waals surface area contributed by atoms with Gasteiger partial charge in [-0.2, -0.15) is 5.10 Å². The molecule has 0 radical (unpaired) electrons. The number of hydrogen-bond acceptors (Lipinski definition) is 6. The van der Waals surface area contributed by atoms with Crippen molar-refractivity contribution in [3.63, 3.8) is 0 Å². The summed E-state index contributed by atoms with van der Waals surface area (Å²) in [7, 11) is 0. The summed E-state index contributed by atoms with van der Waals surface area (Å²) in [6.07, 6.45) is 4.30. The zero-order valence-corrected chi connectivity index (χ0v) is 12.7. The van der Waals surface area contributed by atoms with Crippen LogP contribution in [0, 0.1) is 6.92 Å². The largest absolute Gasteiger partial charge is 0.462 e. The smallest absolute Gasteiger partial charge is 0.338 e. The number of esters is 1. The van der Waals surface area contributed by atoms with Crippen molar-refractivity contribution in [2.75, 3.05) is 6.61 Å². The van der Waals surface area contributed by atoms with Crippen molar-refractivity contribution in [2.45, 2.75) is 19.9 Å². The highest BCUT2D eigenvalue weighted by Gasteiger charge is 2.11. The van der Waals surface area contributed by atoms with Gasteiger partial charge >= 0.3 is 5.97 Å². The number of ether oxygens (including phenoxy) is 1. The first kappa shape index (κ1) is 15.0. The second-order valence-electron chi connectivity index (χ2n) is 4.97. The molecule has 0 saturated carbocycles. The second-order valence-corrected chi connectivity index (χ2v) is 4.97. The van der Waals surface area contributed by atoms with E-state index in [1.165, 1.54) is 0 Å². The van der Waals surface area contributed by atoms with Gasteiger partial charge in [-0.3, -0.25) is 4.68 Å². The maximum atomic E-state index is 12.1. The Balaban J connectivity index is 1.57. The normalized spacial score (nSPS) is 10.7. The van der Waals surface area contributed by atoms with Gasteiger partial charge in [-0.15, -0.1) is 10.2 Å². The summed E-state index contributed by atoms with van der Waals surface area (Å²) in [4.78, 5) is 12.1. The summed E-state index contributed by atoms with van der Waals surface area (Å²) in [5.74, 6) is 0.492. The van der Waals surface area contributed by atoms with E-state index in [2.05, 4.69) is 15.3 Å². The molecule has 7 heteroatoms. The Hall–Kier alpha value is -2.96. The minimum Gasteiger partial charge on any atom is -0.462 e. The molecule has 1 aromatic carbocycles. The Morgan fingerprint density at radius 2 is 2.22 bits per heavy atom. The number of aromatic nitrogens is 4. The van der Waals surface area contributed by atoms with Crippen molar-refractivity contribution in [3.05, 3.63) is 54.2 Å². The number of carbonyl (C=O) groups excluding carboxylic acids is 1. The highest BCUT2D eigenvalue weighted by Crippen LogP contribution is 2.19. The van der Waals surface area contributed by atoms with Crippen LogP contribution in [0.5, 0.6) is 0 Å². The quantitative estimate of drug-likeness (QED) is 0.513. The molecule has 0 amide bonds. The van der Waals surface area contributed by atoms with Gasteiger partial charge < -0.3 is 9.15 Å². The first-order valence-corrected chi connectivity index (χ1v) is 7.27. The number of aryl methyl sites for hydroxylation is 2. The molecule has 118 valence electrons. The fourth-order valence-electron chi connectivity index (χ4n) is 2.10. The van der Waals surface area contributed by atoms with Crippen LogP contribution in [0.15, 0.2) is 47.1 Å². The van der Waals surface area contributed by atoms with Crippen LogP contribution in [0.4, 0.5) is 0 Å². The molecule has 2 heterocycles. The minimum atomic E-state index is -0.372. The summed E-state index contributed by atoms with van der Waals surface area (Å²) < 4.78 is 12.4. The third-order valence-electron chi connectivity index (χ3n) is 3.20. The van der Waals surface area contributed by atoms with E-state index in [0.717, 1.165) is 0 Å². The average molecular weight is 312 g/mol. The fraction of sp³-hybridized carbons (Fsp3) is 0.250. The average Bonchev–Trinajstić information content (AvgIpc) is 3.23. The topological polar surface area (TPSA) is 83.0 Å². The summed E-state index contributed by atoms with van der Waals surface area (Å²) >= 11 is 0. The van der Waals surface area contributed by atoms with Gasteiger partial charge in [0.25, 0.3) is 0 Å². The lowest BCUT2D eigenvalue weighted by atomic mass is 10.1. The predicted molar refractivity (Wildman–Crippen MR) is 81.6 cm³/mol. The first-order valence-electron chi connectivity index (χ1n) is 7.27. The summed E-state index contributed by atoms with van der Waals surface area (Å²) in [6.45, 7) is 2.76. The lowest BCUT2D eigenvalue weighted by molar-refractivity contribution is 0.0495. The molecule has 2 aromatic heterocycles. The Kier molecular flexibility index (Phi) is 4.46. The third-order valence-corrected chi connectivity index (χ3v) is 3.20. The van der Waals surface area contributed by atoms with Crippen molar-refractivity contribution in [1.82, 2.24) is 20.0 Å². The molecule has 0 aliphatic heterocycles. The van der Waals surface area contributed by atoms with E-state index >= 15 is 0 Å². The van der Waals surface area contributed by atoms with E-state index < -0.39 is 0 Å². The van der Waals surface area contributed by atoms with E-state index in [9.17, 15) is 4.79 Å². The highest BCUT2D eigenvalue weighted by molar-refractivity contribution is 5.90. The van der Waals surface area contributed by atoms with Crippen LogP contribution in [0.2, 0.25) is 0 Å². The minimum absolute atomic E-state index is 0.336. The Morgan fingerprint density at radius 3 is 2.96 bits per heavy atom. The van der Waals surface area contributed by atoms with E-state index in [4.69, 9.17) is 9.15 Å². The van der Waals surface area contributed by atoms with Gasteiger partial charge in [0.15, 0.2) is 0 Å². The zero-order chi connectivity index (χ0) is 16.1. The van der Waals surface area contributed by atoms with Crippen molar-refractivity contribution in [1.29, 1.82) is 0 Å².